The zero-order chi connectivity index (χ0) is 12.7. The van der Waals surface area contributed by atoms with E-state index in [2.05, 4.69) is 20.9 Å². The van der Waals surface area contributed by atoms with E-state index >= 15 is 0 Å². The third-order valence-corrected chi connectivity index (χ3v) is 4.64. The standard InChI is InChI=1S/C12H12BrN3OS/c13-8-1-2-9-10(4-8)18-12(15-9)16-6-7(5-14)3-11(16)17/h1-2,4,7H,3,5-6,14H2. The molecule has 6 heteroatoms. The summed E-state index contributed by atoms with van der Waals surface area (Å²) < 4.78 is 2.11. The van der Waals surface area contributed by atoms with E-state index in [-0.39, 0.29) is 11.8 Å². The van der Waals surface area contributed by atoms with Crippen LogP contribution in [0.4, 0.5) is 5.13 Å². The van der Waals surface area contributed by atoms with Crippen LogP contribution >= 0.6 is 27.3 Å². The van der Waals surface area contributed by atoms with E-state index in [0.717, 1.165) is 19.8 Å². The lowest BCUT2D eigenvalue weighted by molar-refractivity contribution is -0.117. The van der Waals surface area contributed by atoms with Gasteiger partial charge in [0.15, 0.2) is 5.13 Å². The van der Waals surface area contributed by atoms with Crippen molar-refractivity contribution in [1.29, 1.82) is 0 Å². The average molecular weight is 326 g/mol. The number of rotatable bonds is 2. The number of thiazole rings is 1. The molecule has 4 nitrogen and oxygen atoms in total. The zero-order valence-corrected chi connectivity index (χ0v) is 12.0. The average Bonchev–Trinajstić information content (AvgIpc) is 2.91. The molecule has 1 atom stereocenters. The van der Waals surface area contributed by atoms with E-state index in [1.165, 1.54) is 0 Å². The summed E-state index contributed by atoms with van der Waals surface area (Å²) in [7, 11) is 0. The lowest BCUT2D eigenvalue weighted by Crippen LogP contribution is -2.25. The van der Waals surface area contributed by atoms with Gasteiger partial charge in [-0.2, -0.15) is 0 Å². The number of nitrogens with zero attached hydrogens (tertiary/aromatic N) is 2. The first-order valence-electron chi connectivity index (χ1n) is 5.74. The summed E-state index contributed by atoms with van der Waals surface area (Å²) >= 11 is 4.99. The Balaban J connectivity index is 1.97. The van der Waals surface area contributed by atoms with Crippen LogP contribution in [0.2, 0.25) is 0 Å². The highest BCUT2D eigenvalue weighted by Crippen LogP contribution is 2.33. The molecule has 2 heterocycles. The predicted molar refractivity (Wildman–Crippen MR) is 76.8 cm³/mol. The van der Waals surface area contributed by atoms with Gasteiger partial charge < -0.3 is 5.73 Å². The second kappa shape index (κ2) is 4.60. The molecule has 18 heavy (non-hydrogen) atoms. The van der Waals surface area contributed by atoms with Gasteiger partial charge in [-0.25, -0.2) is 4.98 Å². The van der Waals surface area contributed by atoms with Crippen LogP contribution in [0, 0.1) is 5.92 Å². The summed E-state index contributed by atoms with van der Waals surface area (Å²) in [5.41, 5.74) is 6.56. The number of hydrogen-bond acceptors (Lipinski definition) is 4. The number of aromatic nitrogens is 1. The third kappa shape index (κ3) is 2.04. The molecular weight excluding hydrogens is 314 g/mol. The molecule has 1 fully saturated rings. The van der Waals surface area contributed by atoms with E-state index in [1.54, 1.807) is 16.2 Å². The first-order valence-corrected chi connectivity index (χ1v) is 7.35. The van der Waals surface area contributed by atoms with Crippen molar-refractivity contribution in [1.82, 2.24) is 4.98 Å². The van der Waals surface area contributed by atoms with Crippen LogP contribution in [0.5, 0.6) is 0 Å². The number of amides is 1. The van der Waals surface area contributed by atoms with E-state index in [1.807, 2.05) is 18.2 Å². The normalized spacial score (nSPS) is 20.0. The Hall–Kier alpha value is -0.980. The number of benzene rings is 1. The molecule has 2 aromatic rings. The molecule has 0 bridgehead atoms. The van der Waals surface area contributed by atoms with E-state index in [9.17, 15) is 4.79 Å². The fourth-order valence-electron chi connectivity index (χ4n) is 2.13. The fraction of sp³-hybridized carbons (Fsp3) is 0.333. The highest BCUT2D eigenvalue weighted by atomic mass is 79.9. The molecule has 1 aliphatic rings. The van der Waals surface area contributed by atoms with Crippen LogP contribution in [0.25, 0.3) is 10.2 Å². The van der Waals surface area contributed by atoms with Crippen LogP contribution in [-0.2, 0) is 4.79 Å². The van der Waals surface area contributed by atoms with Gasteiger partial charge in [0.25, 0.3) is 0 Å². The van der Waals surface area contributed by atoms with Crippen molar-refractivity contribution in [2.45, 2.75) is 6.42 Å². The smallest absolute Gasteiger partial charge is 0.229 e. The van der Waals surface area contributed by atoms with Crippen LogP contribution in [0.3, 0.4) is 0 Å². The van der Waals surface area contributed by atoms with Crippen LogP contribution in [-0.4, -0.2) is 24.0 Å². The Morgan fingerprint density at radius 3 is 3.11 bits per heavy atom. The van der Waals surface area contributed by atoms with Gasteiger partial charge >= 0.3 is 0 Å². The van der Waals surface area contributed by atoms with Crippen molar-refractivity contribution in [3.05, 3.63) is 22.7 Å². The lowest BCUT2D eigenvalue weighted by Gasteiger charge is -2.11. The monoisotopic (exact) mass is 325 g/mol. The number of hydrogen-bond donors (Lipinski definition) is 1. The van der Waals surface area contributed by atoms with Crippen molar-refractivity contribution >= 4 is 48.5 Å². The number of nitrogens with two attached hydrogens (primary N) is 1. The number of carbonyl (C=O) groups is 1. The highest BCUT2D eigenvalue weighted by molar-refractivity contribution is 9.10. The first kappa shape index (κ1) is 12.1. The number of fused-ring (bicyclic) bond motifs is 1. The molecule has 1 aromatic carbocycles. The SMILES string of the molecule is NCC1CC(=O)N(c2nc3ccc(Br)cc3s2)C1. The van der Waals surface area contributed by atoms with E-state index in [0.29, 0.717) is 19.5 Å². The van der Waals surface area contributed by atoms with E-state index < -0.39 is 0 Å². The largest absolute Gasteiger partial charge is 0.330 e. The summed E-state index contributed by atoms with van der Waals surface area (Å²) in [6.07, 6.45) is 0.538. The minimum Gasteiger partial charge on any atom is -0.330 e. The molecule has 0 radical (unpaired) electrons. The Bertz CT molecular complexity index is 612. The third-order valence-electron chi connectivity index (χ3n) is 3.11. The quantitative estimate of drug-likeness (QED) is 0.922. The summed E-state index contributed by atoms with van der Waals surface area (Å²) in [5, 5.41) is 0.782. The number of carbonyl (C=O) groups excluding carboxylic acids is 1. The van der Waals surface area contributed by atoms with Crippen molar-refractivity contribution < 1.29 is 4.79 Å². The van der Waals surface area contributed by atoms with Gasteiger partial charge in [0, 0.05) is 17.4 Å². The molecule has 1 unspecified atom stereocenters. The summed E-state index contributed by atoms with van der Waals surface area (Å²) in [6.45, 7) is 1.25. The topological polar surface area (TPSA) is 59.2 Å². The minimum atomic E-state index is 0.128. The number of anilines is 1. The molecule has 0 saturated carbocycles. The van der Waals surface area contributed by atoms with Gasteiger partial charge in [-0.15, -0.1) is 0 Å². The van der Waals surface area contributed by atoms with Gasteiger partial charge in [-0.1, -0.05) is 27.3 Å². The molecule has 3 rings (SSSR count). The molecular formula is C12H12BrN3OS. The molecule has 2 N–H and O–H groups in total. The summed E-state index contributed by atoms with van der Waals surface area (Å²) in [5.74, 6) is 0.389. The lowest BCUT2D eigenvalue weighted by atomic mass is 10.1. The van der Waals surface area contributed by atoms with Gasteiger partial charge in [0.1, 0.15) is 0 Å². The van der Waals surface area contributed by atoms with Gasteiger partial charge in [0.2, 0.25) is 5.91 Å². The molecule has 94 valence electrons. The minimum absolute atomic E-state index is 0.128. The molecule has 1 saturated heterocycles. The highest BCUT2D eigenvalue weighted by Gasteiger charge is 2.31. The molecule has 1 aromatic heterocycles. The first-order chi connectivity index (χ1) is 8.67. The molecule has 1 aliphatic heterocycles. The van der Waals surface area contributed by atoms with Crippen molar-refractivity contribution in [2.24, 2.45) is 11.7 Å². The Kier molecular flexibility index (Phi) is 3.09. The maximum Gasteiger partial charge on any atom is 0.229 e. The Morgan fingerprint density at radius 2 is 2.39 bits per heavy atom. The number of halogens is 1. The predicted octanol–water partition coefficient (Wildman–Crippen LogP) is 2.37. The van der Waals surface area contributed by atoms with Crippen molar-refractivity contribution in [3.8, 4) is 0 Å². The molecule has 0 spiro atoms. The second-order valence-electron chi connectivity index (χ2n) is 4.42. The summed E-state index contributed by atoms with van der Waals surface area (Å²) in [4.78, 5) is 18.2. The second-order valence-corrected chi connectivity index (χ2v) is 6.34. The van der Waals surface area contributed by atoms with E-state index in [4.69, 9.17) is 5.73 Å². The fourth-order valence-corrected chi connectivity index (χ4v) is 3.67. The van der Waals surface area contributed by atoms with Crippen LogP contribution < -0.4 is 10.6 Å². The Morgan fingerprint density at radius 1 is 1.56 bits per heavy atom. The summed E-state index contributed by atoms with van der Waals surface area (Å²) in [6, 6.07) is 5.94. The van der Waals surface area contributed by atoms with Gasteiger partial charge in [-0.05, 0) is 30.7 Å². The molecule has 0 aliphatic carbocycles. The maximum atomic E-state index is 11.9. The van der Waals surface area contributed by atoms with Crippen LogP contribution in [0.15, 0.2) is 22.7 Å². The van der Waals surface area contributed by atoms with Gasteiger partial charge in [0.05, 0.1) is 10.2 Å². The molecule has 1 amide bonds. The van der Waals surface area contributed by atoms with Gasteiger partial charge in [-0.3, -0.25) is 9.69 Å². The van der Waals surface area contributed by atoms with Crippen LogP contribution in [0.1, 0.15) is 6.42 Å². The zero-order valence-electron chi connectivity index (χ0n) is 9.60. The van der Waals surface area contributed by atoms with Crippen molar-refractivity contribution in [2.75, 3.05) is 18.0 Å². The van der Waals surface area contributed by atoms with Crippen molar-refractivity contribution in [3.63, 3.8) is 0 Å². The maximum absolute atomic E-state index is 11.9. The Labute approximate surface area is 117 Å².